The van der Waals surface area contributed by atoms with E-state index in [9.17, 15) is 25.5 Å². The second-order valence-corrected chi connectivity index (χ2v) is 4.79. The van der Waals surface area contributed by atoms with E-state index in [1.165, 1.54) is 0 Å². The molecular weight excluding hydrogens is 292 g/mol. The van der Waals surface area contributed by atoms with Crippen LogP contribution in [0.5, 0.6) is 0 Å². The van der Waals surface area contributed by atoms with Crippen molar-refractivity contribution in [2.24, 2.45) is 0 Å². The second kappa shape index (κ2) is 8.29. The fourth-order valence-electron chi connectivity index (χ4n) is 1.94. The number of aliphatic hydroxyl groups excluding tert-OH is 8. The summed E-state index contributed by atoms with van der Waals surface area (Å²) in [5.41, 5.74) is 0. The number of hydrogen-bond acceptors (Lipinski definition) is 10. The fourth-order valence-corrected chi connectivity index (χ4v) is 1.94. The van der Waals surface area contributed by atoms with Gasteiger partial charge in [-0.15, -0.1) is 0 Å². The summed E-state index contributed by atoms with van der Waals surface area (Å²) >= 11 is 0. The highest BCUT2D eigenvalue weighted by Gasteiger charge is 2.45. The third-order valence-corrected chi connectivity index (χ3v) is 3.30. The van der Waals surface area contributed by atoms with Gasteiger partial charge in [-0.1, -0.05) is 0 Å². The van der Waals surface area contributed by atoms with Gasteiger partial charge in [0, 0.05) is 0 Å². The van der Waals surface area contributed by atoms with Crippen molar-refractivity contribution in [1.82, 2.24) is 0 Å². The predicted octanol–water partition coefficient (Wildman–Crippen LogP) is -5.12. The zero-order valence-electron chi connectivity index (χ0n) is 11.1. The smallest absolute Gasteiger partial charge is 0.187 e. The molecule has 1 rings (SSSR count). The molecule has 10 nitrogen and oxygen atoms in total. The van der Waals surface area contributed by atoms with Crippen LogP contribution in [0, 0.1) is 0 Å². The van der Waals surface area contributed by atoms with Crippen LogP contribution in [0.1, 0.15) is 0 Å². The van der Waals surface area contributed by atoms with Crippen molar-refractivity contribution in [2.75, 3.05) is 19.8 Å². The van der Waals surface area contributed by atoms with Crippen LogP contribution in [0.3, 0.4) is 0 Å². The highest BCUT2D eigenvalue weighted by molar-refractivity contribution is 4.90. The van der Waals surface area contributed by atoms with Crippen molar-refractivity contribution in [3.8, 4) is 0 Å². The van der Waals surface area contributed by atoms with Gasteiger partial charge in [-0.25, -0.2) is 0 Å². The van der Waals surface area contributed by atoms with E-state index in [1.807, 2.05) is 0 Å². The molecule has 0 unspecified atom stereocenters. The van der Waals surface area contributed by atoms with Gasteiger partial charge < -0.3 is 50.3 Å². The van der Waals surface area contributed by atoms with E-state index in [0.717, 1.165) is 0 Å². The van der Waals surface area contributed by atoms with Crippen LogP contribution in [-0.2, 0) is 9.47 Å². The first-order chi connectivity index (χ1) is 9.87. The Morgan fingerprint density at radius 1 is 0.905 bits per heavy atom. The summed E-state index contributed by atoms with van der Waals surface area (Å²) in [5.74, 6) is 0. The van der Waals surface area contributed by atoms with Crippen LogP contribution >= 0.6 is 0 Å². The number of hydrogen-bond donors (Lipinski definition) is 8. The molecule has 1 saturated heterocycles. The standard InChI is InChI=1S/C11H22O10/c12-1-4(15)7(16)5(2-13)20-11-10(19)9(18)8(17)6(3-14)21-11/h4-19H,1-3H2/t4-,5-,6-,7-,8-,9+,10-,11-/m1/s1. The Balaban J connectivity index is 2.74. The van der Waals surface area contributed by atoms with Crippen LogP contribution in [-0.4, -0.2) is 110 Å². The van der Waals surface area contributed by atoms with Gasteiger partial charge in [0.15, 0.2) is 6.29 Å². The molecule has 1 heterocycles. The highest BCUT2D eigenvalue weighted by atomic mass is 16.7. The lowest BCUT2D eigenvalue weighted by atomic mass is 9.99. The molecule has 0 amide bonds. The third kappa shape index (κ3) is 4.29. The minimum Gasteiger partial charge on any atom is -0.394 e. The third-order valence-electron chi connectivity index (χ3n) is 3.30. The van der Waals surface area contributed by atoms with E-state index in [0.29, 0.717) is 0 Å². The molecule has 8 N–H and O–H groups in total. The molecule has 0 aromatic rings. The molecule has 1 aliphatic rings. The average Bonchev–Trinajstić information content (AvgIpc) is 2.50. The molecule has 0 bridgehead atoms. The molecule has 0 aromatic heterocycles. The zero-order valence-corrected chi connectivity index (χ0v) is 11.1. The average molecular weight is 314 g/mol. The second-order valence-electron chi connectivity index (χ2n) is 4.79. The van der Waals surface area contributed by atoms with Crippen molar-refractivity contribution in [2.45, 2.75) is 49.0 Å². The van der Waals surface area contributed by atoms with E-state index in [4.69, 9.17) is 24.8 Å². The first kappa shape index (κ1) is 18.6. The molecule has 0 saturated carbocycles. The lowest BCUT2D eigenvalue weighted by molar-refractivity contribution is -0.321. The van der Waals surface area contributed by atoms with E-state index in [2.05, 4.69) is 0 Å². The predicted molar refractivity (Wildman–Crippen MR) is 64.8 cm³/mol. The molecular formula is C11H22O10. The maximum atomic E-state index is 9.73. The highest BCUT2D eigenvalue weighted by Crippen LogP contribution is 2.23. The summed E-state index contributed by atoms with van der Waals surface area (Å²) in [6, 6.07) is 0. The van der Waals surface area contributed by atoms with Crippen LogP contribution in [0.15, 0.2) is 0 Å². The van der Waals surface area contributed by atoms with Crippen molar-refractivity contribution < 1.29 is 50.3 Å². The van der Waals surface area contributed by atoms with Crippen LogP contribution in [0.25, 0.3) is 0 Å². The summed E-state index contributed by atoms with van der Waals surface area (Å²) in [6.07, 6.45) is -12.4. The zero-order chi connectivity index (χ0) is 16.2. The Morgan fingerprint density at radius 3 is 2.00 bits per heavy atom. The maximum Gasteiger partial charge on any atom is 0.187 e. The first-order valence-electron chi connectivity index (χ1n) is 6.41. The van der Waals surface area contributed by atoms with Crippen molar-refractivity contribution in [3.63, 3.8) is 0 Å². The van der Waals surface area contributed by atoms with Crippen molar-refractivity contribution >= 4 is 0 Å². The molecule has 126 valence electrons. The molecule has 10 heteroatoms. The van der Waals surface area contributed by atoms with Gasteiger partial charge in [0.2, 0.25) is 0 Å². The van der Waals surface area contributed by atoms with Crippen molar-refractivity contribution in [3.05, 3.63) is 0 Å². The van der Waals surface area contributed by atoms with Gasteiger partial charge in [0.25, 0.3) is 0 Å². The largest absolute Gasteiger partial charge is 0.394 e. The van der Waals surface area contributed by atoms with E-state index < -0.39 is 68.8 Å². The Bertz CT molecular complexity index is 301. The van der Waals surface area contributed by atoms with Crippen LogP contribution in [0.4, 0.5) is 0 Å². The minimum atomic E-state index is -1.70. The molecule has 0 radical (unpaired) electrons. The Labute approximate surface area is 120 Å². The van der Waals surface area contributed by atoms with Crippen LogP contribution in [0.2, 0.25) is 0 Å². The molecule has 1 fully saturated rings. The quantitative estimate of drug-likeness (QED) is 0.226. The molecule has 0 aromatic carbocycles. The SMILES string of the molecule is OC[C@@H](O)[C@@H](O)[C@@H](CO)O[C@@H]1O[C@H](CO)[C@@H](O)[C@H](O)[C@H]1O. The van der Waals surface area contributed by atoms with Gasteiger partial charge in [0.05, 0.1) is 19.8 Å². The topological polar surface area (TPSA) is 180 Å². The summed E-state index contributed by atoms with van der Waals surface area (Å²) in [6.45, 7) is -2.21. The number of aliphatic hydroxyl groups is 8. The molecule has 0 spiro atoms. The Hall–Kier alpha value is -0.400. The number of rotatable bonds is 7. The lowest BCUT2D eigenvalue weighted by Gasteiger charge is -2.41. The molecule has 8 atom stereocenters. The van der Waals surface area contributed by atoms with Gasteiger partial charge >= 0.3 is 0 Å². The van der Waals surface area contributed by atoms with Crippen molar-refractivity contribution in [1.29, 1.82) is 0 Å². The Kier molecular flexibility index (Phi) is 7.36. The van der Waals surface area contributed by atoms with E-state index in [-0.39, 0.29) is 0 Å². The van der Waals surface area contributed by atoms with Gasteiger partial charge in [-0.05, 0) is 0 Å². The summed E-state index contributed by atoms with van der Waals surface area (Å²) in [5, 5.41) is 74.7. The van der Waals surface area contributed by atoms with Gasteiger partial charge in [-0.3, -0.25) is 0 Å². The van der Waals surface area contributed by atoms with E-state index >= 15 is 0 Å². The molecule has 0 aliphatic carbocycles. The van der Waals surface area contributed by atoms with Gasteiger partial charge in [0.1, 0.15) is 42.7 Å². The normalized spacial score (nSPS) is 38.0. The molecule has 1 aliphatic heterocycles. The first-order valence-corrected chi connectivity index (χ1v) is 6.41. The van der Waals surface area contributed by atoms with Crippen LogP contribution < -0.4 is 0 Å². The minimum absolute atomic E-state index is 0.656. The summed E-state index contributed by atoms with van der Waals surface area (Å²) in [7, 11) is 0. The lowest BCUT2D eigenvalue weighted by Crippen LogP contribution is -2.60. The molecule has 21 heavy (non-hydrogen) atoms. The van der Waals surface area contributed by atoms with Gasteiger partial charge in [-0.2, -0.15) is 0 Å². The summed E-state index contributed by atoms with van der Waals surface area (Å²) in [4.78, 5) is 0. The fraction of sp³-hybridized carbons (Fsp3) is 1.00. The maximum absolute atomic E-state index is 9.73. The number of ether oxygens (including phenoxy) is 2. The summed E-state index contributed by atoms with van der Waals surface area (Å²) < 4.78 is 10.1. The monoisotopic (exact) mass is 314 g/mol. The Morgan fingerprint density at radius 2 is 1.52 bits per heavy atom. The van der Waals surface area contributed by atoms with E-state index in [1.54, 1.807) is 0 Å².